The van der Waals surface area contributed by atoms with Crippen molar-refractivity contribution in [2.45, 2.75) is 6.92 Å². The van der Waals surface area contributed by atoms with Crippen LogP contribution in [0.1, 0.15) is 5.56 Å². The maximum atomic E-state index is 5.91. The van der Waals surface area contributed by atoms with Gasteiger partial charge in [0.1, 0.15) is 6.26 Å². The van der Waals surface area contributed by atoms with Gasteiger partial charge in [0.15, 0.2) is 10.9 Å². The summed E-state index contributed by atoms with van der Waals surface area (Å²) in [5.74, 6) is 0.558. The Kier molecular flexibility index (Phi) is 3.61. The fraction of sp³-hybridized carbons (Fsp3) is 0.0909. The molecule has 0 aliphatic rings. The normalized spacial score (nSPS) is 10.0. The Labute approximate surface area is 109 Å². The molecule has 0 bridgehead atoms. The van der Waals surface area contributed by atoms with Crippen LogP contribution in [0.5, 0.6) is 0 Å². The van der Waals surface area contributed by atoms with Crippen LogP contribution < -0.4 is 10.6 Å². The van der Waals surface area contributed by atoms with Gasteiger partial charge >= 0.3 is 0 Å². The Hall–Kier alpha value is -1.59. The zero-order valence-corrected chi connectivity index (χ0v) is 10.6. The topological polar surface area (TPSA) is 50.1 Å². The van der Waals surface area contributed by atoms with E-state index in [-0.39, 0.29) is 0 Å². The first-order valence-corrected chi connectivity index (χ1v) is 5.68. The minimum atomic E-state index is 0.435. The molecule has 0 aliphatic heterocycles. The molecule has 0 amide bonds. The lowest BCUT2D eigenvalue weighted by Crippen LogP contribution is -2.19. The Morgan fingerprint density at radius 3 is 2.88 bits per heavy atom. The van der Waals surface area contributed by atoms with Crippen molar-refractivity contribution in [1.82, 2.24) is 5.16 Å². The number of nitrogens with zero attached hydrogens (tertiary/aromatic N) is 1. The maximum Gasteiger partial charge on any atom is 0.176 e. The number of rotatable bonds is 2. The van der Waals surface area contributed by atoms with Gasteiger partial charge in [-0.1, -0.05) is 22.8 Å². The molecule has 17 heavy (non-hydrogen) atoms. The monoisotopic (exact) mass is 267 g/mol. The molecule has 0 radical (unpaired) electrons. The van der Waals surface area contributed by atoms with Gasteiger partial charge in [0, 0.05) is 16.8 Å². The number of thiocarbonyl (C=S) groups is 1. The highest BCUT2D eigenvalue weighted by Crippen LogP contribution is 2.20. The third-order valence-electron chi connectivity index (χ3n) is 2.13. The van der Waals surface area contributed by atoms with Crippen LogP contribution in [0.25, 0.3) is 0 Å². The van der Waals surface area contributed by atoms with Gasteiger partial charge in [-0.25, -0.2) is 0 Å². The van der Waals surface area contributed by atoms with Gasteiger partial charge < -0.3 is 15.2 Å². The highest BCUT2D eigenvalue weighted by atomic mass is 35.5. The van der Waals surface area contributed by atoms with Crippen molar-refractivity contribution in [3.63, 3.8) is 0 Å². The van der Waals surface area contributed by atoms with E-state index in [9.17, 15) is 0 Å². The minimum Gasteiger partial charge on any atom is -0.363 e. The molecule has 2 rings (SSSR count). The van der Waals surface area contributed by atoms with Crippen LogP contribution in [-0.4, -0.2) is 10.3 Å². The first kappa shape index (κ1) is 11.9. The van der Waals surface area contributed by atoms with E-state index < -0.39 is 0 Å². The standard InChI is InChI=1S/C11H10ClN3OS/c1-7-2-3-8(12)6-9(7)13-11(17)14-10-4-5-16-15-10/h2-6H,1H3,(H2,13,14,15,17). The van der Waals surface area contributed by atoms with E-state index in [1.807, 2.05) is 25.1 Å². The molecule has 0 unspecified atom stereocenters. The third kappa shape index (κ3) is 3.18. The van der Waals surface area contributed by atoms with Crippen molar-refractivity contribution in [3.8, 4) is 0 Å². The average molecular weight is 268 g/mol. The van der Waals surface area contributed by atoms with Gasteiger partial charge in [-0.05, 0) is 36.8 Å². The van der Waals surface area contributed by atoms with E-state index in [1.54, 1.807) is 6.07 Å². The van der Waals surface area contributed by atoms with Gasteiger partial charge in [-0.2, -0.15) is 0 Å². The van der Waals surface area contributed by atoms with E-state index >= 15 is 0 Å². The fourth-order valence-corrected chi connectivity index (χ4v) is 1.66. The summed E-state index contributed by atoms with van der Waals surface area (Å²) in [5.41, 5.74) is 1.91. The lowest BCUT2D eigenvalue weighted by atomic mass is 10.2. The lowest BCUT2D eigenvalue weighted by molar-refractivity contribution is 0.423. The second-order valence-electron chi connectivity index (χ2n) is 3.42. The molecule has 1 aromatic heterocycles. The molecule has 6 heteroatoms. The average Bonchev–Trinajstić information content (AvgIpc) is 2.76. The zero-order valence-electron chi connectivity index (χ0n) is 9.03. The van der Waals surface area contributed by atoms with Crippen molar-refractivity contribution >= 4 is 40.4 Å². The third-order valence-corrected chi connectivity index (χ3v) is 2.57. The van der Waals surface area contributed by atoms with E-state index in [0.29, 0.717) is 16.0 Å². The first-order valence-electron chi connectivity index (χ1n) is 4.90. The van der Waals surface area contributed by atoms with Gasteiger partial charge in [0.25, 0.3) is 0 Å². The molecular formula is C11H10ClN3OS. The Morgan fingerprint density at radius 1 is 1.35 bits per heavy atom. The summed E-state index contributed by atoms with van der Waals surface area (Å²) in [4.78, 5) is 0. The van der Waals surface area contributed by atoms with E-state index in [4.69, 9.17) is 23.8 Å². The Morgan fingerprint density at radius 2 is 2.18 bits per heavy atom. The van der Waals surface area contributed by atoms with Crippen LogP contribution in [0.2, 0.25) is 5.02 Å². The molecule has 0 atom stereocenters. The van der Waals surface area contributed by atoms with Crippen LogP contribution in [-0.2, 0) is 0 Å². The SMILES string of the molecule is Cc1ccc(Cl)cc1NC(=S)Nc1ccon1. The smallest absolute Gasteiger partial charge is 0.176 e. The van der Waals surface area contributed by atoms with Crippen LogP contribution >= 0.6 is 23.8 Å². The van der Waals surface area contributed by atoms with Crippen molar-refractivity contribution in [2.24, 2.45) is 0 Å². The van der Waals surface area contributed by atoms with Gasteiger partial charge in [-0.3, -0.25) is 0 Å². The number of hydrogen-bond donors (Lipinski definition) is 2. The number of halogens is 1. The number of anilines is 2. The number of hydrogen-bond acceptors (Lipinski definition) is 3. The Balaban J connectivity index is 2.05. The highest BCUT2D eigenvalue weighted by molar-refractivity contribution is 7.80. The predicted octanol–water partition coefficient (Wildman–Crippen LogP) is 3.45. The van der Waals surface area contributed by atoms with Crippen molar-refractivity contribution in [1.29, 1.82) is 0 Å². The lowest BCUT2D eigenvalue weighted by Gasteiger charge is -2.10. The zero-order chi connectivity index (χ0) is 12.3. The molecule has 1 heterocycles. The van der Waals surface area contributed by atoms with Gasteiger partial charge in [-0.15, -0.1) is 0 Å². The van der Waals surface area contributed by atoms with Gasteiger partial charge in [0.2, 0.25) is 0 Å². The molecule has 0 spiro atoms. The second-order valence-corrected chi connectivity index (χ2v) is 4.27. The molecule has 2 N–H and O–H groups in total. The maximum absolute atomic E-state index is 5.91. The minimum absolute atomic E-state index is 0.435. The molecule has 1 aromatic carbocycles. The summed E-state index contributed by atoms with van der Waals surface area (Å²) in [5, 5.41) is 10.7. The molecule has 2 aromatic rings. The molecule has 0 saturated carbocycles. The molecule has 0 fully saturated rings. The summed E-state index contributed by atoms with van der Waals surface area (Å²) in [6.07, 6.45) is 1.47. The summed E-state index contributed by atoms with van der Waals surface area (Å²) in [6, 6.07) is 7.24. The largest absolute Gasteiger partial charge is 0.363 e. The number of benzene rings is 1. The number of aryl methyl sites for hydroxylation is 1. The number of nitrogens with one attached hydrogen (secondary N) is 2. The summed E-state index contributed by atoms with van der Waals surface area (Å²) in [6.45, 7) is 1.97. The second kappa shape index (κ2) is 5.16. The fourth-order valence-electron chi connectivity index (χ4n) is 1.28. The van der Waals surface area contributed by atoms with Crippen LogP contribution in [0.15, 0.2) is 35.1 Å². The molecule has 4 nitrogen and oxygen atoms in total. The summed E-state index contributed by atoms with van der Waals surface area (Å²) < 4.78 is 4.69. The number of aromatic nitrogens is 1. The van der Waals surface area contributed by atoms with E-state index in [2.05, 4.69) is 20.3 Å². The van der Waals surface area contributed by atoms with Gasteiger partial charge in [0.05, 0.1) is 0 Å². The molecule has 0 saturated heterocycles. The van der Waals surface area contributed by atoms with E-state index in [1.165, 1.54) is 6.26 Å². The molecule has 88 valence electrons. The quantitative estimate of drug-likeness (QED) is 0.817. The Bertz CT molecular complexity index is 528. The van der Waals surface area contributed by atoms with Crippen molar-refractivity contribution in [3.05, 3.63) is 41.1 Å². The highest BCUT2D eigenvalue weighted by Gasteiger charge is 2.03. The summed E-state index contributed by atoms with van der Waals surface area (Å²) in [7, 11) is 0. The predicted molar refractivity (Wildman–Crippen MR) is 72.5 cm³/mol. The molecular weight excluding hydrogens is 258 g/mol. The molecule has 0 aliphatic carbocycles. The van der Waals surface area contributed by atoms with Crippen LogP contribution in [0, 0.1) is 6.92 Å². The van der Waals surface area contributed by atoms with Crippen LogP contribution in [0.3, 0.4) is 0 Å². The summed E-state index contributed by atoms with van der Waals surface area (Å²) >= 11 is 11.1. The van der Waals surface area contributed by atoms with Crippen LogP contribution in [0.4, 0.5) is 11.5 Å². The first-order chi connectivity index (χ1) is 8.15. The van der Waals surface area contributed by atoms with Crippen molar-refractivity contribution in [2.75, 3.05) is 10.6 Å². The van der Waals surface area contributed by atoms with E-state index in [0.717, 1.165) is 11.3 Å². The van der Waals surface area contributed by atoms with Crippen molar-refractivity contribution < 1.29 is 4.52 Å².